The van der Waals surface area contributed by atoms with Crippen LogP contribution >= 0.6 is 23.4 Å². The molecule has 1 heterocycles. The fraction of sp³-hybridized carbons (Fsp3) is 0.211. The summed E-state index contributed by atoms with van der Waals surface area (Å²) < 4.78 is 7.09. The number of carbonyl (C=O) groups is 1. The zero-order chi connectivity index (χ0) is 19.2. The predicted octanol–water partition coefficient (Wildman–Crippen LogP) is 4.36. The molecule has 0 bridgehead atoms. The smallest absolute Gasteiger partial charge is 0.234 e. The van der Waals surface area contributed by atoms with Crippen molar-refractivity contribution in [2.75, 3.05) is 18.2 Å². The largest absolute Gasteiger partial charge is 0.497 e. The van der Waals surface area contributed by atoms with Gasteiger partial charge in [-0.05, 0) is 55.5 Å². The molecule has 27 heavy (non-hydrogen) atoms. The van der Waals surface area contributed by atoms with Crippen LogP contribution in [0.3, 0.4) is 0 Å². The molecular formula is C19H19ClN4O2S. The van der Waals surface area contributed by atoms with Gasteiger partial charge in [0.05, 0.1) is 12.9 Å². The van der Waals surface area contributed by atoms with Crippen LogP contribution in [-0.2, 0) is 11.3 Å². The summed E-state index contributed by atoms with van der Waals surface area (Å²) in [4.78, 5) is 12.2. The van der Waals surface area contributed by atoms with Crippen molar-refractivity contribution < 1.29 is 9.53 Å². The lowest BCUT2D eigenvalue weighted by atomic mass is 10.2. The van der Waals surface area contributed by atoms with Crippen LogP contribution in [0.25, 0.3) is 11.4 Å². The van der Waals surface area contributed by atoms with E-state index in [9.17, 15) is 4.79 Å². The van der Waals surface area contributed by atoms with Gasteiger partial charge < -0.3 is 14.6 Å². The second-order valence-electron chi connectivity index (χ2n) is 5.62. The number of carbonyl (C=O) groups excluding carboxylic acids is 1. The fourth-order valence-corrected chi connectivity index (χ4v) is 3.42. The van der Waals surface area contributed by atoms with Gasteiger partial charge in [0.2, 0.25) is 5.91 Å². The third-order valence-electron chi connectivity index (χ3n) is 3.84. The van der Waals surface area contributed by atoms with Crippen LogP contribution in [-0.4, -0.2) is 33.5 Å². The second kappa shape index (κ2) is 8.92. The zero-order valence-electron chi connectivity index (χ0n) is 15.0. The molecule has 3 rings (SSSR count). The van der Waals surface area contributed by atoms with E-state index in [1.165, 1.54) is 11.8 Å². The maximum atomic E-state index is 12.2. The number of anilines is 1. The van der Waals surface area contributed by atoms with Crippen molar-refractivity contribution in [1.29, 1.82) is 0 Å². The fourth-order valence-electron chi connectivity index (χ4n) is 2.49. The molecule has 1 amide bonds. The van der Waals surface area contributed by atoms with Crippen LogP contribution in [0.5, 0.6) is 5.75 Å². The Hall–Kier alpha value is -2.51. The van der Waals surface area contributed by atoms with E-state index in [1.54, 1.807) is 31.4 Å². The van der Waals surface area contributed by atoms with E-state index in [2.05, 4.69) is 15.5 Å². The van der Waals surface area contributed by atoms with Gasteiger partial charge in [0, 0.05) is 22.8 Å². The zero-order valence-corrected chi connectivity index (χ0v) is 16.5. The summed E-state index contributed by atoms with van der Waals surface area (Å²) in [5.41, 5.74) is 1.66. The van der Waals surface area contributed by atoms with E-state index in [0.29, 0.717) is 16.7 Å². The Balaban J connectivity index is 1.65. The minimum Gasteiger partial charge on any atom is -0.497 e. The molecule has 0 aliphatic carbocycles. The number of amides is 1. The maximum Gasteiger partial charge on any atom is 0.234 e. The van der Waals surface area contributed by atoms with E-state index in [1.807, 2.05) is 35.8 Å². The highest BCUT2D eigenvalue weighted by Crippen LogP contribution is 2.25. The number of methoxy groups -OCH3 is 1. The van der Waals surface area contributed by atoms with Crippen LogP contribution in [0.4, 0.5) is 5.69 Å². The second-order valence-corrected chi connectivity index (χ2v) is 7.00. The lowest BCUT2D eigenvalue weighted by Crippen LogP contribution is -2.14. The van der Waals surface area contributed by atoms with Crippen molar-refractivity contribution in [2.24, 2.45) is 0 Å². The van der Waals surface area contributed by atoms with Crippen molar-refractivity contribution in [3.05, 3.63) is 53.6 Å². The molecule has 3 aromatic rings. The molecule has 0 saturated carbocycles. The molecule has 1 aromatic heterocycles. The van der Waals surface area contributed by atoms with Gasteiger partial charge in [0.25, 0.3) is 0 Å². The topological polar surface area (TPSA) is 69.0 Å². The van der Waals surface area contributed by atoms with Gasteiger partial charge in [-0.15, -0.1) is 10.2 Å². The van der Waals surface area contributed by atoms with Crippen molar-refractivity contribution in [1.82, 2.24) is 14.8 Å². The molecule has 0 radical (unpaired) electrons. The molecule has 2 aromatic carbocycles. The number of ether oxygens (including phenoxy) is 1. The van der Waals surface area contributed by atoms with E-state index >= 15 is 0 Å². The molecule has 0 saturated heterocycles. The SMILES string of the molecule is CCn1c(SCC(=O)Nc2ccc(OC)cc2)nnc1-c1ccc(Cl)cc1. The molecule has 0 fully saturated rings. The van der Waals surface area contributed by atoms with Gasteiger partial charge in [0.15, 0.2) is 11.0 Å². The lowest BCUT2D eigenvalue weighted by Gasteiger charge is -2.08. The highest BCUT2D eigenvalue weighted by Gasteiger charge is 2.14. The van der Waals surface area contributed by atoms with E-state index in [0.717, 1.165) is 22.8 Å². The van der Waals surface area contributed by atoms with Crippen LogP contribution in [0.2, 0.25) is 5.02 Å². The number of hydrogen-bond donors (Lipinski definition) is 1. The number of nitrogens with one attached hydrogen (secondary N) is 1. The molecule has 6 nitrogen and oxygen atoms in total. The molecule has 1 N–H and O–H groups in total. The van der Waals surface area contributed by atoms with E-state index < -0.39 is 0 Å². The van der Waals surface area contributed by atoms with Crippen LogP contribution in [0.15, 0.2) is 53.7 Å². The summed E-state index contributed by atoms with van der Waals surface area (Å²) in [5, 5.41) is 12.7. The highest BCUT2D eigenvalue weighted by atomic mass is 35.5. The van der Waals surface area contributed by atoms with Gasteiger partial charge in [-0.2, -0.15) is 0 Å². The first-order valence-electron chi connectivity index (χ1n) is 8.36. The molecule has 0 aliphatic heterocycles. The Morgan fingerprint density at radius 2 is 1.85 bits per heavy atom. The van der Waals surface area contributed by atoms with Crippen LogP contribution in [0.1, 0.15) is 6.92 Å². The maximum absolute atomic E-state index is 12.2. The standard InChI is InChI=1S/C19H19ClN4O2S/c1-3-24-18(13-4-6-14(20)7-5-13)22-23-19(24)27-12-17(25)21-15-8-10-16(26-2)11-9-15/h4-11H,3,12H2,1-2H3,(H,21,25). The number of nitrogens with zero attached hydrogens (tertiary/aromatic N) is 3. The lowest BCUT2D eigenvalue weighted by molar-refractivity contribution is -0.113. The Bertz CT molecular complexity index is 910. The monoisotopic (exact) mass is 402 g/mol. The summed E-state index contributed by atoms with van der Waals surface area (Å²) >= 11 is 7.30. The molecular weight excluding hydrogens is 384 g/mol. The van der Waals surface area contributed by atoms with Crippen LogP contribution in [0, 0.1) is 0 Å². The van der Waals surface area contributed by atoms with Gasteiger partial charge in [0.1, 0.15) is 5.75 Å². The summed E-state index contributed by atoms with van der Waals surface area (Å²) in [5.74, 6) is 1.63. The minimum atomic E-state index is -0.108. The Labute approximate surface area is 166 Å². The number of halogens is 1. The third-order valence-corrected chi connectivity index (χ3v) is 5.06. The Morgan fingerprint density at radius 3 is 2.48 bits per heavy atom. The van der Waals surface area contributed by atoms with Gasteiger partial charge in [-0.1, -0.05) is 23.4 Å². The average Bonchev–Trinajstić information content (AvgIpc) is 3.10. The van der Waals surface area contributed by atoms with Gasteiger partial charge in [-0.25, -0.2) is 0 Å². The average molecular weight is 403 g/mol. The number of thioether (sulfide) groups is 1. The Kier molecular flexibility index (Phi) is 6.36. The molecule has 0 atom stereocenters. The normalized spacial score (nSPS) is 10.6. The highest BCUT2D eigenvalue weighted by molar-refractivity contribution is 7.99. The van der Waals surface area contributed by atoms with Crippen molar-refractivity contribution >= 4 is 35.0 Å². The predicted molar refractivity (Wildman–Crippen MR) is 108 cm³/mol. The molecule has 0 spiro atoms. The molecule has 0 aliphatic rings. The van der Waals surface area contributed by atoms with Gasteiger partial charge in [-0.3, -0.25) is 4.79 Å². The number of benzene rings is 2. The number of aromatic nitrogens is 3. The summed E-state index contributed by atoms with van der Waals surface area (Å²) in [6, 6.07) is 14.7. The van der Waals surface area contributed by atoms with Crippen molar-refractivity contribution in [3.8, 4) is 17.1 Å². The number of rotatable bonds is 7. The van der Waals surface area contributed by atoms with Crippen molar-refractivity contribution in [2.45, 2.75) is 18.6 Å². The minimum absolute atomic E-state index is 0.108. The van der Waals surface area contributed by atoms with Crippen LogP contribution < -0.4 is 10.1 Å². The molecule has 0 unspecified atom stereocenters. The molecule has 140 valence electrons. The summed E-state index contributed by atoms with van der Waals surface area (Å²) in [6.07, 6.45) is 0. The first-order chi connectivity index (χ1) is 13.1. The quantitative estimate of drug-likeness (QED) is 0.594. The van der Waals surface area contributed by atoms with Gasteiger partial charge >= 0.3 is 0 Å². The van der Waals surface area contributed by atoms with Crippen molar-refractivity contribution in [3.63, 3.8) is 0 Å². The first kappa shape index (κ1) is 19.3. The first-order valence-corrected chi connectivity index (χ1v) is 9.73. The molecule has 8 heteroatoms. The van der Waals surface area contributed by atoms with E-state index in [-0.39, 0.29) is 11.7 Å². The van der Waals surface area contributed by atoms with E-state index in [4.69, 9.17) is 16.3 Å². The third kappa shape index (κ3) is 4.81. The Morgan fingerprint density at radius 1 is 1.15 bits per heavy atom. The number of hydrogen-bond acceptors (Lipinski definition) is 5. The summed E-state index contributed by atoms with van der Waals surface area (Å²) in [6.45, 7) is 2.72. The summed E-state index contributed by atoms with van der Waals surface area (Å²) in [7, 11) is 1.60.